The highest BCUT2D eigenvalue weighted by atomic mass is 35.5. The fraction of sp³-hybridized carbons (Fsp3) is 0.176. The number of halogens is 2. The smallest absolute Gasteiger partial charge is 0.266 e. The first-order valence-corrected chi connectivity index (χ1v) is 8.46. The predicted molar refractivity (Wildman–Crippen MR) is 104 cm³/mol. The van der Waals surface area contributed by atoms with Gasteiger partial charge in [0, 0.05) is 5.02 Å². The normalized spacial score (nSPS) is 11.5. The van der Waals surface area contributed by atoms with Gasteiger partial charge in [-0.2, -0.15) is 0 Å². The number of benzene rings is 2. The molecule has 0 saturated heterocycles. The molecule has 0 aromatic heterocycles. The number of carbonyl (C=O) groups is 1. The molecule has 25 heavy (non-hydrogen) atoms. The summed E-state index contributed by atoms with van der Waals surface area (Å²) in [6.07, 6.45) is -0.843. The lowest BCUT2D eigenvalue weighted by atomic mass is 10.2. The number of aryl methyl sites for hydroxylation is 1. The van der Waals surface area contributed by atoms with Crippen LogP contribution in [0.4, 0.5) is 5.69 Å². The number of rotatable bonds is 4. The summed E-state index contributed by atoms with van der Waals surface area (Å²) in [5.74, 6) is -0.0981. The number of carbonyl (C=O) groups excluding carboxylic acids is 1. The second-order valence-electron chi connectivity index (χ2n) is 5.30. The summed E-state index contributed by atoms with van der Waals surface area (Å²) in [4.78, 5) is 12.2. The highest BCUT2D eigenvalue weighted by Gasteiger charge is 2.18. The van der Waals surface area contributed by atoms with Crippen LogP contribution >= 0.6 is 35.4 Å². The van der Waals surface area contributed by atoms with Crippen molar-refractivity contribution >= 4 is 52.1 Å². The zero-order valence-corrected chi connectivity index (χ0v) is 15.8. The Morgan fingerprint density at radius 3 is 2.64 bits per heavy atom. The van der Waals surface area contributed by atoms with Crippen molar-refractivity contribution in [3.05, 3.63) is 52.0 Å². The van der Waals surface area contributed by atoms with Crippen LogP contribution in [0.2, 0.25) is 10.0 Å². The number of thiocarbonyl (C=S) groups is 1. The lowest BCUT2D eigenvalue weighted by Gasteiger charge is -2.17. The summed E-state index contributed by atoms with van der Waals surface area (Å²) in [5, 5.41) is 15.9. The quantitative estimate of drug-likeness (QED) is 0.529. The molecule has 0 bridgehead atoms. The molecular weight excluding hydrogens is 383 g/mol. The average Bonchev–Trinajstić information content (AvgIpc) is 2.53. The molecule has 3 N–H and O–H groups in total. The number of aromatic hydroxyl groups is 1. The highest BCUT2D eigenvalue weighted by Crippen LogP contribution is 2.28. The first-order valence-electron chi connectivity index (χ1n) is 7.29. The zero-order valence-electron chi connectivity index (χ0n) is 13.5. The van der Waals surface area contributed by atoms with Crippen LogP contribution in [0.3, 0.4) is 0 Å². The Balaban J connectivity index is 1.96. The van der Waals surface area contributed by atoms with Gasteiger partial charge in [-0.05, 0) is 62.0 Å². The van der Waals surface area contributed by atoms with Crippen LogP contribution in [0.5, 0.6) is 11.5 Å². The van der Waals surface area contributed by atoms with Crippen LogP contribution in [0.15, 0.2) is 36.4 Å². The van der Waals surface area contributed by atoms with Crippen LogP contribution in [0.1, 0.15) is 12.5 Å². The Morgan fingerprint density at radius 1 is 1.24 bits per heavy atom. The van der Waals surface area contributed by atoms with Gasteiger partial charge < -0.3 is 15.2 Å². The lowest BCUT2D eigenvalue weighted by molar-refractivity contribution is -0.125. The SMILES string of the molecule is Cc1ccc(O)c(NC(=S)NC(=O)C(C)Oc2ccc(Cl)cc2Cl)c1. The molecule has 2 rings (SSSR count). The Morgan fingerprint density at radius 2 is 1.96 bits per heavy atom. The highest BCUT2D eigenvalue weighted by molar-refractivity contribution is 7.80. The van der Waals surface area contributed by atoms with E-state index in [0.717, 1.165) is 5.56 Å². The number of amides is 1. The van der Waals surface area contributed by atoms with Crippen molar-refractivity contribution in [1.29, 1.82) is 0 Å². The maximum Gasteiger partial charge on any atom is 0.266 e. The van der Waals surface area contributed by atoms with Gasteiger partial charge in [0.05, 0.1) is 10.7 Å². The lowest BCUT2D eigenvalue weighted by Crippen LogP contribution is -2.42. The molecule has 0 aliphatic rings. The first kappa shape index (κ1) is 19.3. The number of hydrogen-bond acceptors (Lipinski definition) is 4. The summed E-state index contributed by atoms with van der Waals surface area (Å²) in [6, 6.07) is 9.72. The number of nitrogens with one attached hydrogen (secondary N) is 2. The van der Waals surface area contributed by atoms with Gasteiger partial charge in [0.25, 0.3) is 5.91 Å². The maximum atomic E-state index is 12.2. The van der Waals surface area contributed by atoms with Crippen molar-refractivity contribution in [2.24, 2.45) is 0 Å². The Kier molecular flexibility index (Phi) is 6.47. The van der Waals surface area contributed by atoms with Gasteiger partial charge in [0.1, 0.15) is 11.5 Å². The summed E-state index contributed by atoms with van der Waals surface area (Å²) in [6.45, 7) is 3.44. The van der Waals surface area contributed by atoms with Crippen LogP contribution in [-0.4, -0.2) is 22.2 Å². The molecule has 2 aromatic carbocycles. The van der Waals surface area contributed by atoms with E-state index in [0.29, 0.717) is 21.5 Å². The molecule has 0 spiro atoms. The molecule has 0 aliphatic carbocycles. The third kappa shape index (κ3) is 5.49. The maximum absolute atomic E-state index is 12.2. The van der Waals surface area contributed by atoms with Crippen LogP contribution in [0, 0.1) is 6.92 Å². The molecule has 2 aromatic rings. The fourth-order valence-electron chi connectivity index (χ4n) is 1.93. The minimum atomic E-state index is -0.843. The standard InChI is InChI=1S/C17H16Cl2N2O3S/c1-9-3-5-14(22)13(7-9)20-17(25)21-16(23)10(2)24-15-6-4-11(18)8-12(15)19/h3-8,10,22H,1-2H3,(H2,20,21,23,25). The van der Waals surface area contributed by atoms with E-state index in [9.17, 15) is 9.90 Å². The van der Waals surface area contributed by atoms with E-state index < -0.39 is 12.0 Å². The second-order valence-corrected chi connectivity index (χ2v) is 6.55. The summed E-state index contributed by atoms with van der Waals surface area (Å²) < 4.78 is 5.52. The number of hydrogen-bond donors (Lipinski definition) is 3. The van der Waals surface area contributed by atoms with Crippen LogP contribution < -0.4 is 15.4 Å². The van der Waals surface area contributed by atoms with E-state index >= 15 is 0 Å². The molecule has 1 unspecified atom stereocenters. The predicted octanol–water partition coefficient (Wildman–Crippen LogP) is 4.29. The van der Waals surface area contributed by atoms with Gasteiger partial charge in [0.15, 0.2) is 11.2 Å². The average molecular weight is 399 g/mol. The van der Waals surface area contributed by atoms with Crippen molar-refractivity contribution in [2.45, 2.75) is 20.0 Å². The molecule has 0 fully saturated rings. The van der Waals surface area contributed by atoms with E-state index in [1.807, 2.05) is 6.92 Å². The number of anilines is 1. The van der Waals surface area contributed by atoms with Crippen molar-refractivity contribution in [1.82, 2.24) is 5.32 Å². The first-order chi connectivity index (χ1) is 11.8. The number of phenols is 1. The molecule has 8 heteroatoms. The van der Waals surface area contributed by atoms with E-state index in [2.05, 4.69) is 10.6 Å². The summed E-state index contributed by atoms with van der Waals surface area (Å²) in [7, 11) is 0. The molecule has 1 amide bonds. The van der Waals surface area contributed by atoms with E-state index in [4.69, 9.17) is 40.2 Å². The van der Waals surface area contributed by atoms with E-state index in [-0.39, 0.29) is 10.9 Å². The fourth-order valence-corrected chi connectivity index (χ4v) is 2.60. The van der Waals surface area contributed by atoms with E-state index in [1.54, 1.807) is 31.2 Å². The molecule has 0 heterocycles. The van der Waals surface area contributed by atoms with Crippen molar-refractivity contribution in [2.75, 3.05) is 5.32 Å². The Bertz CT molecular complexity index is 814. The molecule has 132 valence electrons. The van der Waals surface area contributed by atoms with Gasteiger partial charge in [-0.1, -0.05) is 29.3 Å². The third-order valence-corrected chi connectivity index (χ3v) is 3.94. The Hall–Kier alpha value is -2.02. The third-order valence-electron chi connectivity index (χ3n) is 3.20. The minimum Gasteiger partial charge on any atom is -0.506 e. The number of ether oxygens (including phenoxy) is 1. The zero-order chi connectivity index (χ0) is 18.6. The minimum absolute atomic E-state index is 0.0273. The topological polar surface area (TPSA) is 70.6 Å². The van der Waals surface area contributed by atoms with Gasteiger partial charge in [0.2, 0.25) is 0 Å². The van der Waals surface area contributed by atoms with Gasteiger partial charge in [-0.25, -0.2) is 0 Å². The van der Waals surface area contributed by atoms with Crippen molar-refractivity contribution in [3.8, 4) is 11.5 Å². The molecule has 0 aliphatic heterocycles. The van der Waals surface area contributed by atoms with Gasteiger partial charge in [-0.3, -0.25) is 10.1 Å². The second kappa shape index (κ2) is 8.38. The van der Waals surface area contributed by atoms with E-state index in [1.165, 1.54) is 12.1 Å². The Labute approximate surface area is 160 Å². The van der Waals surface area contributed by atoms with Gasteiger partial charge >= 0.3 is 0 Å². The summed E-state index contributed by atoms with van der Waals surface area (Å²) in [5.41, 5.74) is 1.34. The van der Waals surface area contributed by atoms with Crippen LogP contribution in [-0.2, 0) is 4.79 Å². The summed E-state index contributed by atoms with van der Waals surface area (Å²) >= 11 is 16.9. The monoisotopic (exact) mass is 398 g/mol. The molecule has 1 atom stereocenters. The van der Waals surface area contributed by atoms with Crippen molar-refractivity contribution in [3.63, 3.8) is 0 Å². The van der Waals surface area contributed by atoms with Crippen LogP contribution in [0.25, 0.3) is 0 Å². The molecule has 0 radical (unpaired) electrons. The van der Waals surface area contributed by atoms with Gasteiger partial charge in [-0.15, -0.1) is 0 Å². The van der Waals surface area contributed by atoms with Crippen molar-refractivity contribution < 1.29 is 14.6 Å². The molecule has 0 saturated carbocycles. The largest absolute Gasteiger partial charge is 0.506 e. The molecule has 5 nitrogen and oxygen atoms in total. The molecular formula is C17H16Cl2N2O3S. The number of phenolic OH excluding ortho intramolecular Hbond substituents is 1.